The number of aromatic nitrogens is 1. The summed E-state index contributed by atoms with van der Waals surface area (Å²) in [5, 5.41) is 0. The van der Waals surface area contributed by atoms with Gasteiger partial charge in [-0.1, -0.05) is 12.1 Å². The number of nitrogen functional groups attached to an aromatic ring is 1. The number of carbonyl (C=O) groups excluding carboxylic acids is 1. The van der Waals surface area contributed by atoms with Crippen LogP contribution in [-0.2, 0) is 6.54 Å². The van der Waals surface area contributed by atoms with E-state index < -0.39 is 0 Å². The summed E-state index contributed by atoms with van der Waals surface area (Å²) in [7, 11) is 1.64. The lowest BCUT2D eigenvalue weighted by atomic mass is 10.2. The fourth-order valence-electron chi connectivity index (χ4n) is 1.74. The molecule has 0 radical (unpaired) electrons. The molecule has 1 aromatic carbocycles. The Bertz CT molecular complexity index is 601. The highest BCUT2D eigenvalue weighted by molar-refractivity contribution is 5.92. The highest BCUT2D eigenvalue weighted by atomic mass is 19.1. The summed E-state index contributed by atoms with van der Waals surface area (Å²) in [6.45, 7) is 0.313. The van der Waals surface area contributed by atoms with Crippen molar-refractivity contribution in [2.75, 3.05) is 12.8 Å². The number of amides is 1. The van der Waals surface area contributed by atoms with Crippen LogP contribution in [0.2, 0.25) is 0 Å². The number of benzene rings is 1. The predicted octanol–water partition coefficient (Wildman–Crippen LogP) is 2.08. The van der Waals surface area contributed by atoms with Crippen LogP contribution in [0.1, 0.15) is 16.1 Å². The van der Waals surface area contributed by atoms with Crippen molar-refractivity contribution in [1.82, 2.24) is 9.88 Å². The van der Waals surface area contributed by atoms with Crippen molar-refractivity contribution in [3.63, 3.8) is 0 Å². The van der Waals surface area contributed by atoms with Crippen LogP contribution in [-0.4, -0.2) is 22.8 Å². The smallest absolute Gasteiger partial charge is 0.272 e. The van der Waals surface area contributed by atoms with E-state index in [4.69, 9.17) is 5.73 Å². The van der Waals surface area contributed by atoms with E-state index >= 15 is 0 Å². The number of rotatable bonds is 3. The summed E-state index contributed by atoms with van der Waals surface area (Å²) >= 11 is 0. The highest BCUT2D eigenvalue weighted by Gasteiger charge is 2.13. The molecule has 19 heavy (non-hydrogen) atoms. The fraction of sp³-hybridized carbons (Fsp3) is 0.143. The third kappa shape index (κ3) is 3.28. The van der Waals surface area contributed by atoms with Gasteiger partial charge < -0.3 is 10.6 Å². The second kappa shape index (κ2) is 5.48. The maximum Gasteiger partial charge on any atom is 0.272 e. The molecule has 2 rings (SSSR count). The van der Waals surface area contributed by atoms with Gasteiger partial charge in [-0.2, -0.15) is 0 Å². The van der Waals surface area contributed by atoms with Gasteiger partial charge in [0.15, 0.2) is 0 Å². The van der Waals surface area contributed by atoms with E-state index in [1.165, 1.54) is 29.3 Å². The Morgan fingerprint density at radius 3 is 2.84 bits per heavy atom. The van der Waals surface area contributed by atoms with Gasteiger partial charge in [0.1, 0.15) is 11.5 Å². The Labute approximate surface area is 110 Å². The van der Waals surface area contributed by atoms with Crippen LogP contribution in [0.3, 0.4) is 0 Å². The molecule has 0 saturated carbocycles. The molecule has 0 bridgehead atoms. The molecule has 1 aromatic heterocycles. The van der Waals surface area contributed by atoms with Crippen LogP contribution in [0.15, 0.2) is 42.6 Å². The van der Waals surface area contributed by atoms with Gasteiger partial charge in [0.05, 0.1) is 0 Å². The molecule has 2 aromatic rings. The van der Waals surface area contributed by atoms with E-state index in [1.807, 2.05) is 0 Å². The summed E-state index contributed by atoms with van der Waals surface area (Å²) in [6.07, 6.45) is 1.48. The number of pyridine rings is 1. The predicted molar refractivity (Wildman–Crippen MR) is 70.8 cm³/mol. The summed E-state index contributed by atoms with van der Waals surface area (Å²) < 4.78 is 13.1. The molecule has 1 amide bonds. The van der Waals surface area contributed by atoms with E-state index in [9.17, 15) is 9.18 Å². The van der Waals surface area contributed by atoms with Crippen LogP contribution in [0.5, 0.6) is 0 Å². The van der Waals surface area contributed by atoms with Gasteiger partial charge in [-0.15, -0.1) is 0 Å². The Kier molecular flexibility index (Phi) is 3.75. The van der Waals surface area contributed by atoms with Crippen LogP contribution >= 0.6 is 0 Å². The maximum atomic E-state index is 13.1. The fourth-order valence-corrected chi connectivity index (χ4v) is 1.74. The van der Waals surface area contributed by atoms with Gasteiger partial charge >= 0.3 is 0 Å². The quantitative estimate of drug-likeness (QED) is 0.918. The number of carbonyl (C=O) groups is 1. The lowest BCUT2D eigenvalue weighted by molar-refractivity contribution is 0.0779. The molecule has 2 N–H and O–H groups in total. The minimum Gasteiger partial charge on any atom is -0.399 e. The zero-order chi connectivity index (χ0) is 13.8. The Balaban J connectivity index is 2.12. The number of nitrogens with two attached hydrogens (primary N) is 1. The normalized spacial score (nSPS) is 10.2. The summed E-state index contributed by atoms with van der Waals surface area (Å²) in [4.78, 5) is 17.5. The zero-order valence-corrected chi connectivity index (χ0v) is 10.5. The third-order valence-electron chi connectivity index (χ3n) is 2.66. The molecule has 1 heterocycles. The van der Waals surface area contributed by atoms with Crippen molar-refractivity contribution in [3.8, 4) is 0 Å². The van der Waals surface area contributed by atoms with Gasteiger partial charge in [-0.3, -0.25) is 9.78 Å². The van der Waals surface area contributed by atoms with E-state index in [2.05, 4.69) is 4.98 Å². The molecule has 5 heteroatoms. The molecule has 0 aliphatic rings. The monoisotopic (exact) mass is 259 g/mol. The third-order valence-corrected chi connectivity index (χ3v) is 2.66. The molecule has 0 atom stereocenters. The van der Waals surface area contributed by atoms with Crippen molar-refractivity contribution in [1.29, 1.82) is 0 Å². The van der Waals surface area contributed by atoms with Crippen molar-refractivity contribution in [2.45, 2.75) is 6.54 Å². The number of anilines is 1. The zero-order valence-electron chi connectivity index (χ0n) is 10.5. The van der Waals surface area contributed by atoms with Gasteiger partial charge in [-0.25, -0.2) is 4.39 Å². The molecule has 4 nitrogen and oxygen atoms in total. The Morgan fingerprint density at radius 2 is 2.16 bits per heavy atom. The number of hydrogen-bond acceptors (Lipinski definition) is 3. The van der Waals surface area contributed by atoms with Crippen LogP contribution in [0.25, 0.3) is 0 Å². The standard InChI is InChI=1S/C14H14FN3O/c1-18(9-10-3-2-4-11(15)7-10)14(19)13-8-12(16)5-6-17-13/h2-8H,9H2,1H3,(H2,16,17). The number of hydrogen-bond donors (Lipinski definition) is 1. The van der Waals surface area contributed by atoms with Gasteiger partial charge in [0, 0.05) is 25.5 Å². The molecule has 0 aliphatic heterocycles. The first-order valence-electron chi connectivity index (χ1n) is 5.77. The van der Waals surface area contributed by atoms with Gasteiger partial charge in [0.25, 0.3) is 5.91 Å². The molecular formula is C14H14FN3O. The minimum atomic E-state index is -0.319. The summed E-state index contributed by atoms with van der Waals surface area (Å²) in [6, 6.07) is 9.27. The minimum absolute atomic E-state index is 0.253. The first kappa shape index (κ1) is 13.0. The average Bonchev–Trinajstić information content (AvgIpc) is 2.38. The van der Waals surface area contributed by atoms with Crippen LogP contribution in [0.4, 0.5) is 10.1 Å². The van der Waals surface area contributed by atoms with E-state index in [0.29, 0.717) is 12.2 Å². The first-order chi connectivity index (χ1) is 9.06. The van der Waals surface area contributed by atoms with E-state index in [0.717, 1.165) is 5.56 Å². The van der Waals surface area contributed by atoms with Crippen LogP contribution in [0, 0.1) is 5.82 Å². The van der Waals surface area contributed by atoms with E-state index in [1.54, 1.807) is 25.2 Å². The van der Waals surface area contributed by atoms with Crippen molar-refractivity contribution in [3.05, 3.63) is 59.7 Å². The first-order valence-corrected chi connectivity index (χ1v) is 5.77. The highest BCUT2D eigenvalue weighted by Crippen LogP contribution is 2.10. The molecule has 0 saturated heterocycles. The lowest BCUT2D eigenvalue weighted by Gasteiger charge is -2.17. The van der Waals surface area contributed by atoms with Crippen molar-refractivity contribution >= 4 is 11.6 Å². The molecule has 0 aliphatic carbocycles. The lowest BCUT2D eigenvalue weighted by Crippen LogP contribution is -2.27. The van der Waals surface area contributed by atoms with Gasteiger partial charge in [-0.05, 0) is 29.8 Å². The van der Waals surface area contributed by atoms with Crippen LogP contribution < -0.4 is 5.73 Å². The Morgan fingerprint density at radius 1 is 1.37 bits per heavy atom. The molecule has 0 fully saturated rings. The maximum absolute atomic E-state index is 13.1. The molecule has 0 spiro atoms. The molecular weight excluding hydrogens is 245 g/mol. The number of halogens is 1. The second-order valence-electron chi connectivity index (χ2n) is 4.27. The molecule has 0 unspecified atom stereocenters. The average molecular weight is 259 g/mol. The van der Waals surface area contributed by atoms with E-state index in [-0.39, 0.29) is 17.4 Å². The second-order valence-corrected chi connectivity index (χ2v) is 4.27. The molecule has 98 valence electrons. The van der Waals surface area contributed by atoms with Crippen molar-refractivity contribution < 1.29 is 9.18 Å². The SMILES string of the molecule is CN(Cc1cccc(F)c1)C(=O)c1cc(N)ccn1. The summed E-state index contributed by atoms with van der Waals surface area (Å²) in [5.74, 6) is -0.572. The van der Waals surface area contributed by atoms with Crippen molar-refractivity contribution in [2.24, 2.45) is 0 Å². The number of nitrogens with zero attached hydrogens (tertiary/aromatic N) is 2. The Hall–Kier alpha value is -2.43. The topological polar surface area (TPSA) is 59.2 Å². The van der Waals surface area contributed by atoms with Gasteiger partial charge in [0.2, 0.25) is 0 Å². The summed E-state index contributed by atoms with van der Waals surface area (Å²) in [5.41, 5.74) is 7.09. The largest absolute Gasteiger partial charge is 0.399 e.